The third-order valence-corrected chi connectivity index (χ3v) is 4.80. The molecule has 1 atom stereocenters. The number of rotatable bonds is 4. The van der Waals surface area contributed by atoms with Gasteiger partial charge in [0, 0.05) is 32.8 Å². The summed E-state index contributed by atoms with van der Waals surface area (Å²) in [6, 6.07) is 0. The summed E-state index contributed by atoms with van der Waals surface area (Å²) in [7, 11) is 0. The molecule has 2 rings (SSSR count). The fourth-order valence-corrected chi connectivity index (χ4v) is 3.23. The van der Waals surface area contributed by atoms with Crippen LogP contribution in [0.1, 0.15) is 26.2 Å². The van der Waals surface area contributed by atoms with Crippen molar-refractivity contribution in [1.82, 2.24) is 4.90 Å². The molecular formula is C13H25NO2S. The van der Waals surface area contributed by atoms with E-state index < -0.39 is 0 Å². The van der Waals surface area contributed by atoms with Crippen LogP contribution in [-0.4, -0.2) is 56.2 Å². The Balaban J connectivity index is 1.88. The van der Waals surface area contributed by atoms with Gasteiger partial charge in [-0.1, -0.05) is 6.92 Å². The van der Waals surface area contributed by atoms with Crippen molar-refractivity contribution in [3.63, 3.8) is 0 Å². The Kier molecular flexibility index (Phi) is 5.15. The predicted octanol–water partition coefficient (Wildman–Crippen LogP) is 1.82. The number of morpholine rings is 1. The molecule has 0 N–H and O–H groups in total. The minimum absolute atomic E-state index is 0.372. The summed E-state index contributed by atoms with van der Waals surface area (Å²) in [5.41, 5.74) is 0.372. The summed E-state index contributed by atoms with van der Waals surface area (Å²) in [4.78, 5) is 2.57. The maximum absolute atomic E-state index is 5.73. The molecule has 0 aliphatic carbocycles. The second kappa shape index (κ2) is 6.41. The van der Waals surface area contributed by atoms with Crippen molar-refractivity contribution in [2.24, 2.45) is 5.41 Å². The normalized spacial score (nSPS) is 30.4. The molecule has 17 heavy (non-hydrogen) atoms. The van der Waals surface area contributed by atoms with Crippen LogP contribution in [0.4, 0.5) is 0 Å². The average Bonchev–Trinajstić information content (AvgIpc) is 2.40. The average molecular weight is 259 g/mol. The van der Waals surface area contributed by atoms with E-state index in [4.69, 9.17) is 9.47 Å². The van der Waals surface area contributed by atoms with Gasteiger partial charge >= 0.3 is 0 Å². The lowest BCUT2D eigenvalue weighted by Crippen LogP contribution is -2.49. The molecule has 0 bridgehead atoms. The van der Waals surface area contributed by atoms with Gasteiger partial charge in [-0.2, -0.15) is 12.6 Å². The van der Waals surface area contributed by atoms with Crippen LogP contribution in [0.3, 0.4) is 0 Å². The zero-order valence-electron chi connectivity index (χ0n) is 10.9. The number of nitrogens with zero attached hydrogens (tertiary/aromatic N) is 1. The smallest absolute Gasteiger partial charge is 0.0700 e. The second-order valence-electron chi connectivity index (χ2n) is 5.41. The van der Waals surface area contributed by atoms with Crippen LogP contribution in [0, 0.1) is 5.41 Å². The molecule has 0 saturated carbocycles. The molecule has 0 spiro atoms. The lowest BCUT2D eigenvalue weighted by atomic mass is 9.81. The van der Waals surface area contributed by atoms with Gasteiger partial charge < -0.3 is 9.47 Å². The Labute approximate surface area is 110 Å². The highest BCUT2D eigenvalue weighted by Crippen LogP contribution is 2.33. The molecule has 0 aromatic carbocycles. The van der Waals surface area contributed by atoms with E-state index in [-0.39, 0.29) is 0 Å². The van der Waals surface area contributed by atoms with Gasteiger partial charge in [-0.25, -0.2) is 0 Å². The van der Waals surface area contributed by atoms with Gasteiger partial charge in [0.2, 0.25) is 0 Å². The van der Waals surface area contributed by atoms with Crippen LogP contribution in [0.2, 0.25) is 0 Å². The monoisotopic (exact) mass is 259 g/mol. The fraction of sp³-hybridized carbons (Fsp3) is 1.00. The largest absolute Gasteiger partial charge is 0.381 e. The summed E-state index contributed by atoms with van der Waals surface area (Å²) in [5, 5.41) is 0. The predicted molar refractivity (Wildman–Crippen MR) is 72.8 cm³/mol. The standard InChI is InChI=1S/C13H25NO2S/c1-2-12-9-14(5-8-16-12)10-13(11-17)3-6-15-7-4-13/h12,17H,2-11H2,1H3. The molecule has 2 aliphatic rings. The van der Waals surface area contributed by atoms with Gasteiger partial charge in [-0.3, -0.25) is 4.90 Å². The zero-order chi connectivity index (χ0) is 12.1. The number of hydrogen-bond acceptors (Lipinski definition) is 4. The summed E-state index contributed by atoms with van der Waals surface area (Å²) < 4.78 is 11.2. The van der Waals surface area contributed by atoms with E-state index in [0.29, 0.717) is 11.5 Å². The SMILES string of the molecule is CCC1CN(CC2(CS)CCOCC2)CCO1. The molecule has 2 aliphatic heterocycles. The molecule has 0 radical (unpaired) electrons. The molecule has 2 fully saturated rings. The van der Waals surface area contributed by atoms with Gasteiger partial charge in [-0.05, 0) is 30.4 Å². The van der Waals surface area contributed by atoms with Crippen LogP contribution < -0.4 is 0 Å². The minimum Gasteiger partial charge on any atom is -0.381 e. The summed E-state index contributed by atoms with van der Waals surface area (Å²) in [5.74, 6) is 0.977. The number of ether oxygens (including phenoxy) is 2. The van der Waals surface area contributed by atoms with Gasteiger partial charge in [0.25, 0.3) is 0 Å². The highest BCUT2D eigenvalue weighted by Gasteiger charge is 2.34. The molecule has 1 unspecified atom stereocenters. The Morgan fingerprint density at radius 2 is 2.06 bits per heavy atom. The molecular weight excluding hydrogens is 234 g/mol. The molecule has 0 aromatic rings. The number of hydrogen-bond donors (Lipinski definition) is 1. The van der Waals surface area contributed by atoms with E-state index in [1.54, 1.807) is 0 Å². The topological polar surface area (TPSA) is 21.7 Å². The van der Waals surface area contributed by atoms with Crippen molar-refractivity contribution in [2.45, 2.75) is 32.3 Å². The third kappa shape index (κ3) is 3.60. The van der Waals surface area contributed by atoms with Gasteiger partial charge in [0.15, 0.2) is 0 Å². The molecule has 2 heterocycles. The molecule has 100 valence electrons. The molecule has 3 nitrogen and oxygen atoms in total. The Morgan fingerprint density at radius 1 is 1.29 bits per heavy atom. The first kappa shape index (κ1) is 13.7. The van der Waals surface area contributed by atoms with Crippen LogP contribution in [0.25, 0.3) is 0 Å². The van der Waals surface area contributed by atoms with E-state index in [1.807, 2.05) is 0 Å². The van der Waals surface area contributed by atoms with E-state index in [1.165, 1.54) is 6.54 Å². The summed E-state index contributed by atoms with van der Waals surface area (Å²) in [6.07, 6.45) is 3.86. The maximum atomic E-state index is 5.73. The van der Waals surface area contributed by atoms with Gasteiger partial charge in [-0.15, -0.1) is 0 Å². The maximum Gasteiger partial charge on any atom is 0.0700 e. The highest BCUT2D eigenvalue weighted by atomic mass is 32.1. The van der Waals surface area contributed by atoms with Crippen molar-refractivity contribution in [2.75, 3.05) is 45.2 Å². The molecule has 2 saturated heterocycles. The molecule has 4 heteroatoms. The lowest BCUT2D eigenvalue weighted by Gasteiger charge is -2.42. The van der Waals surface area contributed by atoms with Gasteiger partial charge in [0.05, 0.1) is 12.7 Å². The molecule has 0 aromatic heterocycles. The first-order valence-corrected chi connectivity index (χ1v) is 7.44. The van der Waals surface area contributed by atoms with Crippen LogP contribution in [0.15, 0.2) is 0 Å². The second-order valence-corrected chi connectivity index (χ2v) is 5.72. The van der Waals surface area contributed by atoms with Crippen molar-refractivity contribution in [3.05, 3.63) is 0 Å². The first-order valence-electron chi connectivity index (χ1n) is 6.80. The third-order valence-electron chi connectivity index (χ3n) is 4.13. The number of thiol groups is 1. The van der Waals surface area contributed by atoms with Crippen LogP contribution in [-0.2, 0) is 9.47 Å². The summed E-state index contributed by atoms with van der Waals surface area (Å²) >= 11 is 4.58. The first-order chi connectivity index (χ1) is 8.28. The highest BCUT2D eigenvalue weighted by molar-refractivity contribution is 7.80. The van der Waals surface area contributed by atoms with Crippen molar-refractivity contribution in [3.8, 4) is 0 Å². The lowest BCUT2D eigenvalue weighted by molar-refractivity contribution is -0.0552. The van der Waals surface area contributed by atoms with Gasteiger partial charge in [0.1, 0.15) is 0 Å². The Morgan fingerprint density at radius 3 is 2.71 bits per heavy atom. The van der Waals surface area contributed by atoms with Crippen molar-refractivity contribution >= 4 is 12.6 Å². The van der Waals surface area contributed by atoms with E-state index in [0.717, 1.165) is 57.9 Å². The van der Waals surface area contributed by atoms with Crippen molar-refractivity contribution in [1.29, 1.82) is 0 Å². The zero-order valence-corrected chi connectivity index (χ0v) is 11.8. The van der Waals surface area contributed by atoms with Crippen LogP contribution >= 0.6 is 12.6 Å². The Bertz CT molecular complexity index is 231. The van der Waals surface area contributed by atoms with E-state index >= 15 is 0 Å². The summed E-state index contributed by atoms with van der Waals surface area (Å²) in [6.45, 7) is 8.23. The minimum atomic E-state index is 0.372. The van der Waals surface area contributed by atoms with Crippen LogP contribution in [0.5, 0.6) is 0 Å². The Hall–Kier alpha value is 0.230. The van der Waals surface area contributed by atoms with Crippen molar-refractivity contribution < 1.29 is 9.47 Å². The quantitative estimate of drug-likeness (QED) is 0.779. The van der Waals surface area contributed by atoms with E-state index in [2.05, 4.69) is 24.5 Å². The molecule has 0 amide bonds. The fourth-order valence-electron chi connectivity index (χ4n) is 2.82. The van der Waals surface area contributed by atoms with E-state index in [9.17, 15) is 0 Å².